The minimum Gasteiger partial charge on any atom is -0.489 e. The van der Waals surface area contributed by atoms with Crippen LogP contribution in [0.15, 0.2) is 36.4 Å². The number of hydrogen-bond donors (Lipinski definition) is 1. The zero-order valence-electron chi connectivity index (χ0n) is 12.7. The number of nitrogens with zero attached hydrogens (tertiary/aromatic N) is 1. The second kappa shape index (κ2) is 7.11. The molecule has 1 saturated heterocycles. The molecule has 1 amide bonds. The number of ether oxygens (including phenoxy) is 1. The maximum absolute atomic E-state index is 12.5. The van der Waals surface area contributed by atoms with Crippen LogP contribution < -0.4 is 4.74 Å². The van der Waals surface area contributed by atoms with Crippen molar-refractivity contribution in [1.29, 1.82) is 0 Å². The molecule has 0 aliphatic carbocycles. The summed E-state index contributed by atoms with van der Waals surface area (Å²) in [6.07, 6.45) is 1.01. The first-order chi connectivity index (χ1) is 10.5. The maximum Gasteiger partial charge on any atom is 0.306 e. The fourth-order valence-electron chi connectivity index (χ4n) is 2.44. The molecule has 22 heavy (non-hydrogen) atoms. The van der Waals surface area contributed by atoms with Gasteiger partial charge in [0.15, 0.2) is 0 Å². The van der Waals surface area contributed by atoms with Crippen molar-refractivity contribution in [1.82, 2.24) is 4.90 Å². The zero-order chi connectivity index (χ0) is 16.1. The first-order valence-electron chi connectivity index (χ1n) is 7.36. The molecule has 1 aromatic rings. The first-order valence-corrected chi connectivity index (χ1v) is 7.36. The van der Waals surface area contributed by atoms with Crippen molar-refractivity contribution in [2.75, 3.05) is 19.7 Å². The minimum atomic E-state index is -0.776. The summed E-state index contributed by atoms with van der Waals surface area (Å²) in [7, 11) is 0. The maximum atomic E-state index is 12.5. The lowest BCUT2D eigenvalue weighted by Gasteiger charge is -2.30. The molecule has 2 rings (SSSR count). The second-order valence-corrected chi connectivity index (χ2v) is 5.68. The Kier molecular flexibility index (Phi) is 5.20. The van der Waals surface area contributed by atoms with Gasteiger partial charge in [0.25, 0.3) is 5.91 Å². The number of aliphatic carboxylic acids is 1. The molecule has 1 aliphatic rings. The van der Waals surface area contributed by atoms with Gasteiger partial charge < -0.3 is 14.7 Å². The van der Waals surface area contributed by atoms with Crippen molar-refractivity contribution >= 4 is 11.9 Å². The summed E-state index contributed by atoms with van der Waals surface area (Å²) in [6.45, 7) is 7.03. The second-order valence-electron chi connectivity index (χ2n) is 5.68. The average molecular weight is 303 g/mol. The Morgan fingerprint density at radius 3 is 2.64 bits per heavy atom. The average Bonchev–Trinajstić information content (AvgIpc) is 2.52. The number of carbonyl (C=O) groups is 2. The molecule has 1 N–H and O–H groups in total. The van der Waals surface area contributed by atoms with Crippen molar-refractivity contribution in [3.8, 4) is 5.75 Å². The number of carbonyl (C=O) groups excluding carboxylic acids is 1. The molecule has 1 fully saturated rings. The number of carboxylic acids is 1. The van der Waals surface area contributed by atoms with Gasteiger partial charge in [-0.15, -0.1) is 0 Å². The van der Waals surface area contributed by atoms with Crippen LogP contribution >= 0.6 is 0 Å². The van der Waals surface area contributed by atoms with Crippen LogP contribution in [0.5, 0.6) is 5.75 Å². The van der Waals surface area contributed by atoms with Crippen molar-refractivity contribution < 1.29 is 19.4 Å². The molecule has 0 unspecified atom stereocenters. The van der Waals surface area contributed by atoms with Gasteiger partial charge in [-0.1, -0.05) is 12.6 Å². The predicted octanol–water partition coefficient (Wildman–Crippen LogP) is 2.58. The SMILES string of the molecule is C=C(C)COc1cccc(C(=O)N2CCC(C(=O)O)CC2)c1. The molecule has 1 aliphatic heterocycles. The Morgan fingerprint density at radius 2 is 2.05 bits per heavy atom. The quantitative estimate of drug-likeness (QED) is 0.849. The molecular formula is C17H21NO4. The van der Waals surface area contributed by atoms with E-state index < -0.39 is 5.97 Å². The van der Waals surface area contributed by atoms with Crippen molar-refractivity contribution in [2.45, 2.75) is 19.8 Å². The molecule has 1 aromatic carbocycles. The Morgan fingerprint density at radius 1 is 1.36 bits per heavy atom. The zero-order valence-corrected chi connectivity index (χ0v) is 12.7. The highest BCUT2D eigenvalue weighted by Gasteiger charge is 2.27. The fourth-order valence-corrected chi connectivity index (χ4v) is 2.44. The van der Waals surface area contributed by atoms with E-state index in [-0.39, 0.29) is 11.8 Å². The van der Waals surface area contributed by atoms with Crippen LogP contribution in [0.2, 0.25) is 0 Å². The van der Waals surface area contributed by atoms with Gasteiger partial charge >= 0.3 is 5.97 Å². The van der Waals surface area contributed by atoms with E-state index >= 15 is 0 Å². The van der Waals surface area contributed by atoms with Crippen LogP contribution in [-0.4, -0.2) is 41.6 Å². The first kappa shape index (κ1) is 16.1. The van der Waals surface area contributed by atoms with Gasteiger partial charge in [0.1, 0.15) is 12.4 Å². The molecule has 0 saturated carbocycles. The summed E-state index contributed by atoms with van der Waals surface area (Å²) in [4.78, 5) is 25.1. The third kappa shape index (κ3) is 4.10. The van der Waals surface area contributed by atoms with Gasteiger partial charge in [-0.25, -0.2) is 0 Å². The summed E-state index contributed by atoms with van der Waals surface area (Å²) in [5.41, 5.74) is 1.47. The summed E-state index contributed by atoms with van der Waals surface area (Å²) < 4.78 is 5.55. The number of amides is 1. The molecule has 5 heteroatoms. The van der Waals surface area contributed by atoms with Gasteiger partial charge in [-0.3, -0.25) is 9.59 Å². The van der Waals surface area contributed by atoms with Crippen LogP contribution in [0.4, 0.5) is 0 Å². The summed E-state index contributed by atoms with van der Waals surface area (Å²) in [5, 5.41) is 8.99. The van der Waals surface area contributed by atoms with Crippen LogP contribution in [0, 0.1) is 5.92 Å². The molecule has 0 bridgehead atoms. The van der Waals surface area contributed by atoms with E-state index in [4.69, 9.17) is 9.84 Å². The third-order valence-corrected chi connectivity index (χ3v) is 3.70. The molecule has 0 atom stereocenters. The van der Waals surface area contributed by atoms with Crippen molar-refractivity contribution in [3.05, 3.63) is 42.0 Å². The molecule has 118 valence electrons. The van der Waals surface area contributed by atoms with Gasteiger partial charge in [-0.05, 0) is 43.5 Å². The van der Waals surface area contributed by atoms with Crippen molar-refractivity contribution in [3.63, 3.8) is 0 Å². The largest absolute Gasteiger partial charge is 0.489 e. The highest BCUT2D eigenvalue weighted by molar-refractivity contribution is 5.94. The number of carboxylic acid groups (broad SMARTS) is 1. The Bertz CT molecular complexity index is 574. The normalized spacial score (nSPS) is 15.4. The lowest BCUT2D eigenvalue weighted by Crippen LogP contribution is -2.40. The minimum absolute atomic E-state index is 0.0791. The number of piperidine rings is 1. The van der Waals surface area contributed by atoms with Gasteiger partial charge in [0.05, 0.1) is 5.92 Å². The predicted molar refractivity (Wildman–Crippen MR) is 83.0 cm³/mol. The van der Waals surface area contributed by atoms with Crippen LogP contribution in [0.1, 0.15) is 30.1 Å². The van der Waals surface area contributed by atoms with E-state index in [1.807, 2.05) is 6.92 Å². The van der Waals surface area contributed by atoms with E-state index in [1.54, 1.807) is 29.2 Å². The molecule has 5 nitrogen and oxygen atoms in total. The van der Waals surface area contributed by atoms with E-state index in [1.165, 1.54) is 0 Å². The van der Waals surface area contributed by atoms with Crippen molar-refractivity contribution in [2.24, 2.45) is 5.92 Å². The van der Waals surface area contributed by atoms with E-state index in [2.05, 4.69) is 6.58 Å². The highest BCUT2D eigenvalue weighted by Crippen LogP contribution is 2.21. The van der Waals surface area contributed by atoms with E-state index in [9.17, 15) is 9.59 Å². The standard InChI is InChI=1S/C17H21NO4/c1-12(2)11-22-15-5-3-4-14(10-15)16(19)18-8-6-13(7-9-18)17(20)21/h3-5,10,13H,1,6-9,11H2,2H3,(H,20,21). The van der Waals surface area contributed by atoms with E-state index in [0.29, 0.717) is 43.9 Å². The fraction of sp³-hybridized carbons (Fsp3) is 0.412. The summed E-state index contributed by atoms with van der Waals surface area (Å²) in [6, 6.07) is 7.05. The number of benzene rings is 1. The Hall–Kier alpha value is -2.30. The Labute approximate surface area is 130 Å². The molecule has 1 heterocycles. The Balaban J connectivity index is 1.99. The number of hydrogen-bond acceptors (Lipinski definition) is 3. The van der Waals surface area contributed by atoms with Crippen LogP contribution in [0.3, 0.4) is 0 Å². The van der Waals surface area contributed by atoms with Gasteiger partial charge in [0.2, 0.25) is 0 Å². The highest BCUT2D eigenvalue weighted by atomic mass is 16.5. The lowest BCUT2D eigenvalue weighted by atomic mass is 9.96. The smallest absolute Gasteiger partial charge is 0.306 e. The molecular weight excluding hydrogens is 282 g/mol. The molecule has 0 aromatic heterocycles. The summed E-state index contributed by atoms with van der Waals surface area (Å²) >= 11 is 0. The third-order valence-electron chi connectivity index (χ3n) is 3.70. The van der Waals surface area contributed by atoms with Gasteiger partial charge in [-0.2, -0.15) is 0 Å². The number of likely N-dealkylation sites (tertiary alicyclic amines) is 1. The monoisotopic (exact) mass is 303 g/mol. The topological polar surface area (TPSA) is 66.8 Å². The molecule has 0 spiro atoms. The van der Waals surface area contributed by atoms with E-state index in [0.717, 1.165) is 5.57 Å². The molecule has 0 radical (unpaired) electrons. The number of rotatable bonds is 5. The summed E-state index contributed by atoms with van der Waals surface area (Å²) in [5.74, 6) is -0.560. The van der Waals surface area contributed by atoms with Crippen LogP contribution in [-0.2, 0) is 4.79 Å². The van der Waals surface area contributed by atoms with Gasteiger partial charge in [0, 0.05) is 18.7 Å². The lowest BCUT2D eigenvalue weighted by molar-refractivity contribution is -0.143. The van der Waals surface area contributed by atoms with Crippen LogP contribution in [0.25, 0.3) is 0 Å².